The predicted molar refractivity (Wildman–Crippen MR) is 64.7 cm³/mol. The third-order valence-corrected chi connectivity index (χ3v) is 3.57. The van der Waals surface area contributed by atoms with Crippen molar-refractivity contribution in [2.75, 3.05) is 0 Å². The van der Waals surface area contributed by atoms with Crippen LogP contribution in [0.5, 0.6) is 0 Å². The van der Waals surface area contributed by atoms with Gasteiger partial charge in [-0.1, -0.05) is 20.8 Å². The van der Waals surface area contributed by atoms with Gasteiger partial charge >= 0.3 is 0 Å². The maximum atomic E-state index is 11.4. The number of fused-ring (bicyclic) bond motifs is 1. The molecule has 0 atom stereocenters. The third kappa shape index (κ3) is 2.28. The Bertz CT molecular complexity index is 670. The fraction of sp³-hybridized carbons (Fsp3) is 0.400. The highest BCUT2D eigenvalue weighted by molar-refractivity contribution is 8.13. The van der Waals surface area contributed by atoms with Crippen LogP contribution in [0.2, 0.25) is 0 Å². The van der Waals surface area contributed by atoms with E-state index in [0.717, 1.165) is 5.69 Å². The van der Waals surface area contributed by atoms with E-state index in [2.05, 4.69) is 10.1 Å². The van der Waals surface area contributed by atoms with Gasteiger partial charge in [-0.2, -0.15) is 5.10 Å². The molecule has 17 heavy (non-hydrogen) atoms. The number of rotatable bonds is 1. The monoisotopic (exact) mass is 273 g/mol. The van der Waals surface area contributed by atoms with Gasteiger partial charge < -0.3 is 0 Å². The first-order valence-electron chi connectivity index (χ1n) is 4.99. The predicted octanol–water partition coefficient (Wildman–Crippen LogP) is 1.95. The van der Waals surface area contributed by atoms with Gasteiger partial charge in [0.25, 0.3) is 9.05 Å². The molecule has 0 radical (unpaired) electrons. The fourth-order valence-corrected chi connectivity index (χ4v) is 2.40. The molecule has 0 saturated carbocycles. The molecule has 0 fully saturated rings. The lowest BCUT2D eigenvalue weighted by Crippen LogP contribution is -2.11. The van der Waals surface area contributed by atoms with E-state index in [9.17, 15) is 8.42 Å². The maximum Gasteiger partial charge on any atom is 0.280 e. The Balaban J connectivity index is 2.79. The van der Waals surface area contributed by atoms with Crippen LogP contribution in [-0.2, 0) is 14.5 Å². The number of hydrogen-bond donors (Lipinski definition) is 0. The second-order valence-corrected chi connectivity index (χ2v) is 7.26. The molecule has 0 aromatic carbocycles. The summed E-state index contributed by atoms with van der Waals surface area (Å²) in [7, 11) is 1.47. The van der Waals surface area contributed by atoms with Crippen LogP contribution in [0.25, 0.3) is 5.52 Å². The summed E-state index contributed by atoms with van der Waals surface area (Å²) in [6.07, 6.45) is 2.96. The SMILES string of the molecule is CC(C)(C)c1cc2c(S(=O)(=O)Cl)nccn2n1. The second kappa shape index (κ2) is 3.68. The summed E-state index contributed by atoms with van der Waals surface area (Å²) in [6.45, 7) is 5.99. The molecular weight excluding hydrogens is 262 g/mol. The largest absolute Gasteiger partial charge is 0.280 e. The van der Waals surface area contributed by atoms with Crippen molar-refractivity contribution < 1.29 is 8.42 Å². The smallest absolute Gasteiger partial charge is 0.240 e. The molecular formula is C10H12ClN3O2S. The molecule has 5 nitrogen and oxygen atoms in total. The van der Waals surface area contributed by atoms with Crippen molar-refractivity contribution in [1.29, 1.82) is 0 Å². The third-order valence-electron chi connectivity index (χ3n) is 2.35. The lowest BCUT2D eigenvalue weighted by molar-refractivity contribution is 0.562. The van der Waals surface area contributed by atoms with Crippen LogP contribution in [-0.4, -0.2) is 23.0 Å². The van der Waals surface area contributed by atoms with Crippen LogP contribution >= 0.6 is 10.7 Å². The van der Waals surface area contributed by atoms with E-state index in [0.29, 0.717) is 5.52 Å². The number of aromatic nitrogens is 3. The molecule has 0 spiro atoms. The molecule has 0 N–H and O–H groups in total. The van der Waals surface area contributed by atoms with Gasteiger partial charge in [-0.25, -0.2) is 17.9 Å². The molecule has 7 heteroatoms. The highest BCUT2D eigenvalue weighted by Gasteiger charge is 2.22. The summed E-state index contributed by atoms with van der Waals surface area (Å²) in [6, 6.07) is 1.70. The quantitative estimate of drug-likeness (QED) is 0.745. The normalized spacial score (nSPS) is 13.2. The van der Waals surface area contributed by atoms with Crippen molar-refractivity contribution in [3.8, 4) is 0 Å². The molecule has 0 aliphatic rings. The number of nitrogens with zero attached hydrogens (tertiary/aromatic N) is 3. The first kappa shape index (κ1) is 12.3. The summed E-state index contributed by atoms with van der Waals surface area (Å²) in [5, 5.41) is 4.15. The van der Waals surface area contributed by atoms with E-state index in [1.165, 1.54) is 10.7 Å². The van der Waals surface area contributed by atoms with Gasteiger partial charge in [0.15, 0.2) is 5.03 Å². The Morgan fingerprint density at radius 1 is 1.35 bits per heavy atom. The van der Waals surface area contributed by atoms with Crippen molar-refractivity contribution in [2.24, 2.45) is 0 Å². The van der Waals surface area contributed by atoms with Crippen molar-refractivity contribution in [2.45, 2.75) is 31.2 Å². The average molecular weight is 274 g/mol. The summed E-state index contributed by atoms with van der Waals surface area (Å²) in [5.41, 5.74) is 1.01. The van der Waals surface area contributed by atoms with Gasteiger partial charge in [0.2, 0.25) is 0 Å². The molecule has 92 valence electrons. The Labute approximate surface area is 104 Å². The number of hydrogen-bond acceptors (Lipinski definition) is 4. The van der Waals surface area contributed by atoms with Crippen molar-refractivity contribution in [1.82, 2.24) is 14.6 Å². The molecule has 0 amide bonds. The van der Waals surface area contributed by atoms with Crippen LogP contribution in [0.3, 0.4) is 0 Å². The van der Waals surface area contributed by atoms with Crippen molar-refractivity contribution >= 4 is 25.2 Å². The van der Waals surface area contributed by atoms with E-state index in [1.54, 1.807) is 12.3 Å². The summed E-state index contributed by atoms with van der Waals surface area (Å²) in [5.74, 6) is 0. The first-order valence-corrected chi connectivity index (χ1v) is 7.30. The second-order valence-electron chi connectivity index (χ2n) is 4.78. The lowest BCUT2D eigenvalue weighted by Gasteiger charge is -2.13. The standard InChI is InChI=1S/C10H12ClN3O2S/c1-10(2,3)8-6-7-9(17(11,15)16)12-4-5-14(7)13-8/h4-6H,1-3H3. The van der Waals surface area contributed by atoms with E-state index < -0.39 is 9.05 Å². The zero-order valence-electron chi connectivity index (χ0n) is 9.68. The zero-order valence-corrected chi connectivity index (χ0v) is 11.2. The molecule has 2 aromatic heterocycles. The van der Waals surface area contributed by atoms with Gasteiger partial charge in [0.1, 0.15) is 5.52 Å². The van der Waals surface area contributed by atoms with Gasteiger partial charge in [-0.15, -0.1) is 0 Å². The van der Waals surface area contributed by atoms with E-state index in [-0.39, 0.29) is 10.4 Å². The molecule has 0 saturated heterocycles. The van der Waals surface area contributed by atoms with Gasteiger partial charge in [-0.3, -0.25) is 0 Å². The Morgan fingerprint density at radius 2 is 2.00 bits per heavy atom. The van der Waals surface area contributed by atoms with E-state index >= 15 is 0 Å². The Kier molecular flexibility index (Phi) is 2.67. The summed E-state index contributed by atoms with van der Waals surface area (Å²) >= 11 is 0. The molecule has 0 unspecified atom stereocenters. The van der Waals surface area contributed by atoms with Gasteiger partial charge in [0, 0.05) is 28.5 Å². The molecule has 2 heterocycles. The van der Waals surface area contributed by atoms with Crippen LogP contribution in [0.1, 0.15) is 26.5 Å². The summed E-state index contributed by atoms with van der Waals surface area (Å²) in [4.78, 5) is 3.79. The number of halogens is 1. The summed E-state index contributed by atoms with van der Waals surface area (Å²) < 4.78 is 24.2. The molecule has 2 aromatic rings. The van der Waals surface area contributed by atoms with Crippen molar-refractivity contribution in [3.05, 3.63) is 24.2 Å². The van der Waals surface area contributed by atoms with Crippen LogP contribution < -0.4 is 0 Å². The minimum atomic E-state index is -3.86. The van der Waals surface area contributed by atoms with Gasteiger partial charge in [0.05, 0.1) is 5.69 Å². The molecule has 0 aliphatic carbocycles. The Hall–Kier alpha value is -1.14. The topological polar surface area (TPSA) is 64.3 Å². The van der Waals surface area contributed by atoms with E-state index in [4.69, 9.17) is 10.7 Å². The van der Waals surface area contributed by atoms with Crippen LogP contribution in [0.15, 0.2) is 23.5 Å². The van der Waals surface area contributed by atoms with Crippen molar-refractivity contribution in [3.63, 3.8) is 0 Å². The van der Waals surface area contributed by atoms with E-state index in [1.807, 2.05) is 20.8 Å². The first-order chi connectivity index (χ1) is 7.69. The zero-order chi connectivity index (χ0) is 12.8. The fourth-order valence-electron chi connectivity index (χ4n) is 1.45. The minimum Gasteiger partial charge on any atom is -0.240 e. The highest BCUT2D eigenvalue weighted by Crippen LogP contribution is 2.25. The van der Waals surface area contributed by atoms with Crippen LogP contribution in [0, 0.1) is 0 Å². The molecule has 0 bridgehead atoms. The maximum absolute atomic E-state index is 11.4. The molecule has 2 rings (SSSR count). The lowest BCUT2D eigenvalue weighted by atomic mass is 9.92. The minimum absolute atomic E-state index is 0.162. The Morgan fingerprint density at radius 3 is 2.53 bits per heavy atom. The highest BCUT2D eigenvalue weighted by atomic mass is 35.7. The molecule has 0 aliphatic heterocycles. The van der Waals surface area contributed by atoms with Crippen LogP contribution in [0.4, 0.5) is 0 Å². The average Bonchev–Trinajstić information content (AvgIpc) is 2.57. The van der Waals surface area contributed by atoms with Gasteiger partial charge in [-0.05, 0) is 6.07 Å².